The third kappa shape index (κ3) is 2.78. The molecule has 4 heteroatoms. The van der Waals surface area contributed by atoms with Crippen molar-refractivity contribution in [1.29, 1.82) is 0 Å². The van der Waals surface area contributed by atoms with Gasteiger partial charge in [-0.2, -0.15) is 0 Å². The number of methoxy groups -OCH3 is 1. The highest BCUT2D eigenvalue weighted by Gasteiger charge is 2.02. The van der Waals surface area contributed by atoms with E-state index in [1.54, 1.807) is 7.11 Å². The summed E-state index contributed by atoms with van der Waals surface area (Å²) < 4.78 is 12.9. The molecular formula is C13H16N2O2. The molecule has 17 heavy (non-hydrogen) atoms. The van der Waals surface area contributed by atoms with Crippen LogP contribution in [-0.4, -0.2) is 16.7 Å². The van der Waals surface area contributed by atoms with Gasteiger partial charge in [0.05, 0.1) is 25.3 Å². The van der Waals surface area contributed by atoms with Gasteiger partial charge in [-0.1, -0.05) is 6.07 Å². The van der Waals surface area contributed by atoms with Crippen LogP contribution in [0.15, 0.2) is 36.8 Å². The van der Waals surface area contributed by atoms with E-state index in [1.807, 2.05) is 36.8 Å². The summed E-state index contributed by atoms with van der Waals surface area (Å²) in [5, 5.41) is 0. The van der Waals surface area contributed by atoms with Crippen molar-refractivity contribution in [3.8, 4) is 11.5 Å². The Balaban J connectivity index is 2.02. The first-order valence-electron chi connectivity index (χ1n) is 5.59. The van der Waals surface area contributed by atoms with Crippen LogP contribution in [0.25, 0.3) is 0 Å². The fourth-order valence-electron chi connectivity index (χ4n) is 1.60. The van der Waals surface area contributed by atoms with Crippen molar-refractivity contribution in [2.75, 3.05) is 7.11 Å². The Bertz CT molecular complexity index is 480. The molecule has 2 aromatic rings. The molecule has 1 aromatic heterocycles. The van der Waals surface area contributed by atoms with E-state index in [1.165, 1.54) is 0 Å². The van der Waals surface area contributed by atoms with E-state index in [0.29, 0.717) is 6.61 Å². The highest BCUT2D eigenvalue weighted by Crippen LogP contribution is 2.19. The van der Waals surface area contributed by atoms with E-state index in [4.69, 9.17) is 9.47 Å². The van der Waals surface area contributed by atoms with E-state index in [2.05, 4.69) is 16.5 Å². The molecule has 0 atom stereocenters. The fourth-order valence-corrected chi connectivity index (χ4v) is 1.60. The molecule has 0 saturated heterocycles. The largest absolute Gasteiger partial charge is 0.497 e. The fraction of sp³-hybridized carbons (Fsp3) is 0.308. The van der Waals surface area contributed by atoms with Crippen LogP contribution in [0.2, 0.25) is 0 Å². The normalized spacial score (nSPS) is 10.2. The summed E-state index contributed by atoms with van der Waals surface area (Å²) in [7, 11) is 1.64. The van der Waals surface area contributed by atoms with Gasteiger partial charge in [0.15, 0.2) is 0 Å². The van der Waals surface area contributed by atoms with E-state index >= 15 is 0 Å². The van der Waals surface area contributed by atoms with Crippen LogP contribution in [0.5, 0.6) is 11.5 Å². The van der Waals surface area contributed by atoms with Gasteiger partial charge in [-0.25, -0.2) is 4.98 Å². The summed E-state index contributed by atoms with van der Waals surface area (Å²) in [6.45, 7) is 3.49. The Morgan fingerprint density at radius 2 is 2.12 bits per heavy atom. The van der Waals surface area contributed by atoms with Crippen molar-refractivity contribution < 1.29 is 9.47 Å². The number of imidazole rings is 1. The topological polar surface area (TPSA) is 36.3 Å². The number of hydrogen-bond donors (Lipinski definition) is 0. The van der Waals surface area contributed by atoms with Crippen molar-refractivity contribution in [2.45, 2.75) is 20.1 Å². The molecule has 0 unspecified atom stereocenters. The van der Waals surface area contributed by atoms with Crippen molar-refractivity contribution in [1.82, 2.24) is 9.55 Å². The molecule has 1 aromatic carbocycles. The van der Waals surface area contributed by atoms with E-state index in [9.17, 15) is 0 Å². The summed E-state index contributed by atoms with van der Waals surface area (Å²) in [5.74, 6) is 1.60. The number of aryl methyl sites for hydroxylation is 1. The Kier molecular flexibility index (Phi) is 3.65. The zero-order valence-corrected chi connectivity index (χ0v) is 10.1. The maximum atomic E-state index is 5.69. The molecule has 2 rings (SSSR count). The van der Waals surface area contributed by atoms with E-state index in [0.717, 1.165) is 23.7 Å². The average Bonchev–Trinajstić information content (AvgIpc) is 2.84. The van der Waals surface area contributed by atoms with Crippen molar-refractivity contribution in [3.63, 3.8) is 0 Å². The first kappa shape index (κ1) is 11.5. The minimum atomic E-state index is 0.515. The number of ether oxygens (including phenoxy) is 2. The van der Waals surface area contributed by atoms with Crippen LogP contribution < -0.4 is 9.47 Å². The first-order valence-corrected chi connectivity index (χ1v) is 5.59. The highest BCUT2D eigenvalue weighted by molar-refractivity contribution is 5.32. The van der Waals surface area contributed by atoms with Crippen LogP contribution in [-0.2, 0) is 13.2 Å². The lowest BCUT2D eigenvalue weighted by Crippen LogP contribution is -2.03. The monoisotopic (exact) mass is 232 g/mol. The molecule has 0 aliphatic rings. The van der Waals surface area contributed by atoms with Gasteiger partial charge in [0.2, 0.25) is 0 Å². The quantitative estimate of drug-likeness (QED) is 0.794. The predicted octanol–water partition coefficient (Wildman–Crippen LogP) is 2.49. The number of nitrogens with zero attached hydrogens (tertiary/aromatic N) is 2. The second-order valence-electron chi connectivity index (χ2n) is 3.64. The van der Waals surface area contributed by atoms with Crippen LogP contribution in [0.4, 0.5) is 0 Å². The summed E-state index contributed by atoms with van der Waals surface area (Å²) >= 11 is 0. The smallest absolute Gasteiger partial charge is 0.130 e. The molecule has 1 heterocycles. The SMILES string of the molecule is CCn1cncc1COc1cccc(OC)c1. The minimum Gasteiger partial charge on any atom is -0.497 e. The molecule has 0 radical (unpaired) electrons. The van der Waals surface area contributed by atoms with E-state index < -0.39 is 0 Å². The number of benzene rings is 1. The van der Waals surface area contributed by atoms with Gasteiger partial charge < -0.3 is 14.0 Å². The van der Waals surface area contributed by atoms with Gasteiger partial charge in [0, 0.05) is 12.6 Å². The molecule has 90 valence electrons. The van der Waals surface area contributed by atoms with Gasteiger partial charge >= 0.3 is 0 Å². The zero-order valence-electron chi connectivity index (χ0n) is 10.1. The van der Waals surface area contributed by atoms with Crippen LogP contribution >= 0.6 is 0 Å². The molecule has 0 N–H and O–H groups in total. The second-order valence-corrected chi connectivity index (χ2v) is 3.64. The zero-order chi connectivity index (χ0) is 12.1. The Hall–Kier alpha value is -1.97. The maximum Gasteiger partial charge on any atom is 0.130 e. The molecule has 0 amide bonds. The molecule has 0 aliphatic heterocycles. The molecule has 0 fully saturated rings. The molecule has 4 nitrogen and oxygen atoms in total. The van der Waals surface area contributed by atoms with Crippen LogP contribution in [0, 0.1) is 0 Å². The molecule has 0 bridgehead atoms. The first-order chi connectivity index (χ1) is 8.33. The summed E-state index contributed by atoms with van der Waals surface area (Å²) in [6, 6.07) is 7.58. The Labute approximate surface area is 101 Å². The standard InChI is InChI=1S/C13H16N2O2/c1-3-15-10-14-8-11(15)9-17-13-6-4-5-12(7-13)16-2/h4-8,10H,3,9H2,1-2H3. The third-order valence-corrected chi connectivity index (χ3v) is 2.57. The molecule has 0 saturated carbocycles. The lowest BCUT2D eigenvalue weighted by molar-refractivity contribution is 0.293. The number of rotatable bonds is 5. The van der Waals surface area contributed by atoms with Crippen molar-refractivity contribution in [3.05, 3.63) is 42.5 Å². The highest BCUT2D eigenvalue weighted by atomic mass is 16.5. The average molecular weight is 232 g/mol. The summed E-state index contributed by atoms with van der Waals surface area (Å²) in [5.41, 5.74) is 1.07. The lowest BCUT2D eigenvalue weighted by Gasteiger charge is -2.08. The van der Waals surface area contributed by atoms with Gasteiger partial charge in [-0.3, -0.25) is 0 Å². The Morgan fingerprint density at radius 1 is 1.29 bits per heavy atom. The minimum absolute atomic E-state index is 0.515. The van der Waals surface area contributed by atoms with Gasteiger partial charge in [-0.05, 0) is 19.1 Å². The van der Waals surface area contributed by atoms with Gasteiger partial charge in [0.1, 0.15) is 18.1 Å². The van der Waals surface area contributed by atoms with Crippen LogP contribution in [0.3, 0.4) is 0 Å². The third-order valence-electron chi connectivity index (χ3n) is 2.57. The van der Waals surface area contributed by atoms with Crippen molar-refractivity contribution in [2.24, 2.45) is 0 Å². The second kappa shape index (κ2) is 5.39. The van der Waals surface area contributed by atoms with Gasteiger partial charge in [-0.15, -0.1) is 0 Å². The van der Waals surface area contributed by atoms with E-state index in [-0.39, 0.29) is 0 Å². The maximum absolute atomic E-state index is 5.69. The summed E-state index contributed by atoms with van der Waals surface area (Å²) in [4.78, 5) is 4.10. The molecule has 0 aliphatic carbocycles. The number of aromatic nitrogens is 2. The lowest BCUT2D eigenvalue weighted by atomic mass is 10.3. The Morgan fingerprint density at radius 3 is 2.88 bits per heavy atom. The summed E-state index contributed by atoms with van der Waals surface area (Å²) in [6.07, 6.45) is 3.63. The van der Waals surface area contributed by atoms with Gasteiger partial charge in [0.25, 0.3) is 0 Å². The molecular weight excluding hydrogens is 216 g/mol. The predicted molar refractivity (Wildman–Crippen MR) is 65.2 cm³/mol. The van der Waals surface area contributed by atoms with Crippen molar-refractivity contribution >= 4 is 0 Å². The van der Waals surface area contributed by atoms with Crippen LogP contribution in [0.1, 0.15) is 12.6 Å². The number of hydrogen-bond acceptors (Lipinski definition) is 3. The molecule has 0 spiro atoms.